The molecule has 10 heteroatoms. The number of amides is 1. The van der Waals surface area contributed by atoms with Crippen molar-refractivity contribution in [3.8, 4) is 0 Å². The highest BCUT2D eigenvalue weighted by molar-refractivity contribution is 7.98. The molecule has 8 nitrogen and oxygen atoms in total. The summed E-state index contributed by atoms with van der Waals surface area (Å²) in [5.74, 6) is -0.367. The fraction of sp³-hybridized carbons (Fsp3) is 0.500. The molecule has 1 saturated carbocycles. The normalized spacial score (nSPS) is 26.9. The maximum absolute atomic E-state index is 13.6. The highest BCUT2D eigenvalue weighted by atomic mass is 32.2. The summed E-state index contributed by atoms with van der Waals surface area (Å²) in [6.07, 6.45) is 7.75. The average Bonchev–Trinajstić information content (AvgIpc) is 3.35. The molecule has 2 aromatic rings. The van der Waals surface area contributed by atoms with Gasteiger partial charge in [-0.25, -0.2) is 19.4 Å². The first-order chi connectivity index (χ1) is 17.4. The molecule has 1 aromatic carbocycles. The number of benzene rings is 1. The van der Waals surface area contributed by atoms with Gasteiger partial charge in [0.2, 0.25) is 5.91 Å². The fourth-order valence-corrected chi connectivity index (χ4v) is 5.00. The van der Waals surface area contributed by atoms with Crippen molar-refractivity contribution >= 4 is 29.1 Å². The third kappa shape index (κ3) is 5.35. The average molecular weight is 512 g/mol. The SMILES string of the molecule is CSc1nccc(C2=NC(C3OCC(C)(C(=O)NC4CCCCC4)CO3)N=C2c2ccc(F)cc2)n1. The lowest BCUT2D eigenvalue weighted by atomic mass is 9.88. The maximum atomic E-state index is 13.6. The molecule has 1 saturated heterocycles. The second-order valence-electron chi connectivity index (χ2n) is 9.66. The standard InChI is InChI=1S/C26H30FN5O3S/c1-26(24(33)29-18-6-4-3-5-7-18)14-34-23(35-15-26)22-31-20(16-8-10-17(27)11-9-16)21(32-22)19-12-13-28-25(30-19)36-2/h8-13,18,22-23H,3-7,14-15H2,1-2H3,(H,29,33). The van der Waals surface area contributed by atoms with Crippen LogP contribution in [0, 0.1) is 11.2 Å². The van der Waals surface area contributed by atoms with E-state index in [0.717, 1.165) is 31.2 Å². The van der Waals surface area contributed by atoms with Crippen molar-refractivity contribution in [3.63, 3.8) is 0 Å². The zero-order valence-electron chi connectivity index (χ0n) is 20.4. The number of nitrogens with zero attached hydrogens (tertiary/aromatic N) is 4. The highest BCUT2D eigenvalue weighted by Gasteiger charge is 2.43. The Bertz CT molecular complexity index is 1160. The first-order valence-corrected chi connectivity index (χ1v) is 13.5. The maximum Gasteiger partial charge on any atom is 0.230 e. The van der Waals surface area contributed by atoms with Gasteiger partial charge in [0.05, 0.1) is 30.0 Å². The summed E-state index contributed by atoms with van der Waals surface area (Å²) in [5.41, 5.74) is 1.71. The molecule has 2 aliphatic heterocycles. The van der Waals surface area contributed by atoms with Crippen molar-refractivity contribution in [2.24, 2.45) is 15.4 Å². The lowest BCUT2D eigenvalue weighted by Gasteiger charge is -2.38. The van der Waals surface area contributed by atoms with E-state index in [9.17, 15) is 9.18 Å². The molecule has 2 fully saturated rings. The number of thioether (sulfide) groups is 1. The quantitative estimate of drug-likeness (QED) is 0.468. The van der Waals surface area contributed by atoms with Crippen LogP contribution in [0.1, 0.15) is 50.3 Å². The van der Waals surface area contributed by atoms with Crippen LogP contribution < -0.4 is 5.32 Å². The van der Waals surface area contributed by atoms with E-state index < -0.39 is 17.9 Å². The first-order valence-electron chi connectivity index (χ1n) is 12.3. The Balaban J connectivity index is 1.33. The topological polar surface area (TPSA) is 98.1 Å². The van der Waals surface area contributed by atoms with Crippen molar-refractivity contribution in [1.82, 2.24) is 15.3 Å². The first kappa shape index (κ1) is 25.0. The molecule has 0 spiro atoms. The fourth-order valence-electron chi connectivity index (χ4n) is 4.65. The second-order valence-corrected chi connectivity index (χ2v) is 10.4. The molecular formula is C26H30FN5O3S. The Labute approximate surface area is 214 Å². The highest BCUT2D eigenvalue weighted by Crippen LogP contribution is 2.30. The molecular weight excluding hydrogens is 481 g/mol. The van der Waals surface area contributed by atoms with Crippen LogP contribution in [0.2, 0.25) is 0 Å². The van der Waals surface area contributed by atoms with E-state index in [1.165, 1.54) is 30.3 Å². The molecule has 1 amide bonds. The summed E-state index contributed by atoms with van der Waals surface area (Å²) in [6, 6.07) is 8.11. The predicted molar refractivity (Wildman–Crippen MR) is 136 cm³/mol. The van der Waals surface area contributed by atoms with Crippen LogP contribution in [0.5, 0.6) is 0 Å². The van der Waals surface area contributed by atoms with Gasteiger partial charge in [0.15, 0.2) is 17.6 Å². The predicted octanol–water partition coefficient (Wildman–Crippen LogP) is 3.78. The molecule has 190 valence electrons. The molecule has 1 unspecified atom stereocenters. The summed E-state index contributed by atoms with van der Waals surface area (Å²) in [7, 11) is 0. The monoisotopic (exact) mass is 511 g/mol. The van der Waals surface area contributed by atoms with Crippen LogP contribution in [0.4, 0.5) is 4.39 Å². The summed E-state index contributed by atoms with van der Waals surface area (Å²) in [5, 5.41) is 3.80. The zero-order chi connectivity index (χ0) is 25.1. The van der Waals surface area contributed by atoms with Gasteiger partial charge in [0.25, 0.3) is 0 Å². The number of aliphatic imine (C=N–C) groups is 2. The molecule has 1 atom stereocenters. The van der Waals surface area contributed by atoms with Gasteiger partial charge in [-0.3, -0.25) is 9.79 Å². The van der Waals surface area contributed by atoms with Gasteiger partial charge in [-0.05, 0) is 56.4 Å². The van der Waals surface area contributed by atoms with E-state index in [4.69, 9.17) is 19.5 Å². The van der Waals surface area contributed by atoms with Gasteiger partial charge in [-0.2, -0.15) is 0 Å². The van der Waals surface area contributed by atoms with Crippen LogP contribution in [0.3, 0.4) is 0 Å². The van der Waals surface area contributed by atoms with Crippen molar-refractivity contribution < 1.29 is 18.7 Å². The summed E-state index contributed by atoms with van der Waals surface area (Å²) in [6.45, 7) is 2.29. The van der Waals surface area contributed by atoms with Crippen LogP contribution in [-0.4, -0.2) is 65.3 Å². The Morgan fingerprint density at radius 2 is 1.75 bits per heavy atom. The Kier molecular flexibility index (Phi) is 7.45. The lowest BCUT2D eigenvalue weighted by Crippen LogP contribution is -2.53. The van der Waals surface area contributed by atoms with E-state index >= 15 is 0 Å². The number of halogens is 1. The van der Waals surface area contributed by atoms with Crippen LogP contribution in [0.15, 0.2) is 51.7 Å². The summed E-state index contributed by atoms with van der Waals surface area (Å²) in [4.78, 5) is 31.4. The number of carbonyl (C=O) groups excluding carboxylic acids is 1. The van der Waals surface area contributed by atoms with Gasteiger partial charge in [0, 0.05) is 17.8 Å². The molecule has 3 aliphatic rings. The number of carbonyl (C=O) groups is 1. The van der Waals surface area contributed by atoms with Crippen molar-refractivity contribution in [2.75, 3.05) is 19.5 Å². The van der Waals surface area contributed by atoms with Crippen molar-refractivity contribution in [3.05, 3.63) is 53.6 Å². The number of rotatable bonds is 6. The molecule has 1 aromatic heterocycles. The Morgan fingerprint density at radius 1 is 1.06 bits per heavy atom. The number of aromatic nitrogens is 2. The van der Waals surface area contributed by atoms with E-state index in [1.54, 1.807) is 24.4 Å². The van der Waals surface area contributed by atoms with Crippen LogP contribution in [-0.2, 0) is 14.3 Å². The number of ether oxygens (including phenoxy) is 2. The van der Waals surface area contributed by atoms with Gasteiger partial charge >= 0.3 is 0 Å². The minimum absolute atomic E-state index is 0.0375. The van der Waals surface area contributed by atoms with Crippen LogP contribution in [0.25, 0.3) is 0 Å². The molecule has 5 rings (SSSR count). The summed E-state index contributed by atoms with van der Waals surface area (Å²) >= 11 is 1.43. The van der Waals surface area contributed by atoms with Gasteiger partial charge in [-0.15, -0.1) is 0 Å². The van der Waals surface area contributed by atoms with E-state index in [0.29, 0.717) is 22.3 Å². The molecule has 0 radical (unpaired) electrons. The number of hydrogen-bond donors (Lipinski definition) is 1. The molecule has 3 heterocycles. The zero-order valence-corrected chi connectivity index (χ0v) is 21.3. The third-order valence-electron chi connectivity index (χ3n) is 6.79. The van der Waals surface area contributed by atoms with Gasteiger partial charge in [0.1, 0.15) is 11.5 Å². The Morgan fingerprint density at radius 3 is 2.44 bits per heavy atom. The van der Waals surface area contributed by atoms with E-state index in [-0.39, 0.29) is 31.0 Å². The van der Waals surface area contributed by atoms with Crippen molar-refractivity contribution in [2.45, 2.75) is 62.7 Å². The third-order valence-corrected chi connectivity index (χ3v) is 7.35. The lowest BCUT2D eigenvalue weighted by molar-refractivity contribution is -0.229. The second kappa shape index (κ2) is 10.7. The smallest absolute Gasteiger partial charge is 0.230 e. The van der Waals surface area contributed by atoms with Crippen LogP contribution >= 0.6 is 11.8 Å². The van der Waals surface area contributed by atoms with Crippen molar-refractivity contribution in [1.29, 1.82) is 0 Å². The van der Waals surface area contributed by atoms with E-state index in [1.807, 2.05) is 13.2 Å². The number of nitrogens with one attached hydrogen (secondary N) is 1. The largest absolute Gasteiger partial charge is 0.353 e. The molecule has 0 bridgehead atoms. The summed E-state index contributed by atoms with van der Waals surface area (Å²) < 4.78 is 25.6. The molecule has 1 N–H and O–H groups in total. The molecule has 36 heavy (non-hydrogen) atoms. The van der Waals surface area contributed by atoms with Gasteiger partial charge < -0.3 is 14.8 Å². The van der Waals surface area contributed by atoms with E-state index in [2.05, 4.69) is 15.3 Å². The molecule has 1 aliphatic carbocycles. The minimum Gasteiger partial charge on any atom is -0.353 e. The number of hydrogen-bond acceptors (Lipinski definition) is 8. The Hall–Kier alpha value is -2.69. The minimum atomic E-state index is -0.775. The van der Waals surface area contributed by atoms with Gasteiger partial charge in [-0.1, -0.05) is 31.0 Å².